The Kier molecular flexibility index (Phi) is 3.88. The molecule has 0 spiro atoms. The van der Waals surface area contributed by atoms with E-state index in [9.17, 15) is 14.7 Å². The molecule has 2 N–H and O–H groups in total. The molecule has 0 aliphatic heterocycles. The summed E-state index contributed by atoms with van der Waals surface area (Å²) in [6.45, 7) is 3.80. The molecule has 21 heavy (non-hydrogen) atoms. The van der Waals surface area contributed by atoms with Crippen LogP contribution in [0.1, 0.15) is 37.0 Å². The molecule has 1 aliphatic carbocycles. The molecule has 0 saturated heterocycles. The van der Waals surface area contributed by atoms with E-state index in [0.717, 1.165) is 0 Å². The minimum Gasteiger partial charge on any atom is -0.511 e. The molecule has 0 unspecified atom stereocenters. The number of aliphatic imine (C=N–C) groups is 1. The first-order valence-electron chi connectivity index (χ1n) is 6.48. The summed E-state index contributed by atoms with van der Waals surface area (Å²) in [4.78, 5) is 30.9. The molecular formula is C15H16N2O4. The van der Waals surface area contributed by atoms with Crippen LogP contribution in [0.4, 0.5) is 5.82 Å². The first-order valence-corrected chi connectivity index (χ1v) is 6.48. The van der Waals surface area contributed by atoms with Crippen LogP contribution in [0.15, 0.2) is 34.7 Å². The second kappa shape index (κ2) is 5.47. The third-order valence-electron chi connectivity index (χ3n) is 3.23. The Hall–Kier alpha value is -2.50. The Bertz CT molecular complexity index is 659. The van der Waals surface area contributed by atoms with Crippen molar-refractivity contribution in [3.8, 4) is 0 Å². The van der Waals surface area contributed by atoms with E-state index in [1.807, 2.05) is 13.8 Å². The molecule has 6 heteroatoms. The van der Waals surface area contributed by atoms with E-state index in [-0.39, 0.29) is 33.9 Å². The SMILES string of the molecule is CC1(C)CC(=O)C(C=Nc2ncccc2C(=O)O)=C(O)C1. The number of Topliss-reactive ketones (excluding diaryl/α,β-unsaturated/α-hetero) is 1. The van der Waals surface area contributed by atoms with Gasteiger partial charge in [-0.2, -0.15) is 0 Å². The van der Waals surface area contributed by atoms with Crippen molar-refractivity contribution in [1.29, 1.82) is 0 Å². The van der Waals surface area contributed by atoms with Gasteiger partial charge in [-0.25, -0.2) is 14.8 Å². The van der Waals surface area contributed by atoms with Gasteiger partial charge in [-0.15, -0.1) is 0 Å². The Morgan fingerprint density at radius 1 is 1.43 bits per heavy atom. The van der Waals surface area contributed by atoms with Gasteiger partial charge in [-0.1, -0.05) is 13.8 Å². The van der Waals surface area contributed by atoms with Crippen molar-refractivity contribution < 1.29 is 19.8 Å². The Morgan fingerprint density at radius 2 is 2.14 bits per heavy atom. The third-order valence-corrected chi connectivity index (χ3v) is 3.23. The maximum absolute atomic E-state index is 12.0. The molecule has 0 saturated carbocycles. The number of carboxylic acids is 1. The van der Waals surface area contributed by atoms with Crippen LogP contribution in [0.2, 0.25) is 0 Å². The lowest BCUT2D eigenvalue weighted by atomic mass is 9.77. The van der Waals surface area contributed by atoms with Crippen LogP contribution < -0.4 is 0 Å². The standard InChI is InChI=1S/C15H16N2O4/c1-15(2)6-11(18)10(12(19)7-15)8-17-13-9(14(20)21)4-3-5-16-13/h3-5,8,18H,6-7H2,1-2H3,(H,20,21). The first kappa shape index (κ1) is 14.9. The second-order valence-electron chi connectivity index (χ2n) is 5.74. The van der Waals surface area contributed by atoms with Crippen molar-refractivity contribution in [3.63, 3.8) is 0 Å². The summed E-state index contributed by atoms with van der Waals surface area (Å²) in [7, 11) is 0. The van der Waals surface area contributed by atoms with E-state index in [1.165, 1.54) is 24.5 Å². The van der Waals surface area contributed by atoms with Gasteiger partial charge in [0.2, 0.25) is 0 Å². The molecule has 0 atom stereocenters. The van der Waals surface area contributed by atoms with Crippen LogP contribution >= 0.6 is 0 Å². The van der Waals surface area contributed by atoms with Gasteiger partial charge in [0.05, 0.1) is 5.57 Å². The summed E-state index contributed by atoms with van der Waals surface area (Å²) in [5.74, 6) is -1.37. The van der Waals surface area contributed by atoms with Crippen molar-refractivity contribution in [2.24, 2.45) is 10.4 Å². The van der Waals surface area contributed by atoms with Crippen molar-refractivity contribution >= 4 is 23.8 Å². The molecule has 0 amide bonds. The number of nitrogens with zero attached hydrogens (tertiary/aromatic N) is 2. The Morgan fingerprint density at radius 3 is 2.76 bits per heavy atom. The maximum atomic E-state index is 12.0. The van der Waals surface area contributed by atoms with Gasteiger partial charge in [-0.05, 0) is 17.5 Å². The third kappa shape index (κ3) is 3.34. The van der Waals surface area contributed by atoms with Gasteiger partial charge in [-0.3, -0.25) is 4.79 Å². The largest absolute Gasteiger partial charge is 0.511 e. The Balaban J connectivity index is 2.34. The number of hydrogen-bond donors (Lipinski definition) is 2. The summed E-state index contributed by atoms with van der Waals surface area (Å²) in [6.07, 6.45) is 3.31. The molecule has 0 aromatic carbocycles. The highest BCUT2D eigenvalue weighted by atomic mass is 16.4. The number of aromatic carboxylic acids is 1. The van der Waals surface area contributed by atoms with Crippen molar-refractivity contribution in [1.82, 2.24) is 4.98 Å². The number of allylic oxidation sites excluding steroid dienone is 2. The van der Waals surface area contributed by atoms with Crippen LogP contribution in [-0.2, 0) is 4.79 Å². The van der Waals surface area contributed by atoms with Gasteiger partial charge in [0.25, 0.3) is 0 Å². The van der Waals surface area contributed by atoms with Gasteiger partial charge < -0.3 is 10.2 Å². The number of carboxylic acid groups (broad SMARTS) is 1. The minimum absolute atomic E-state index is 0.00272. The zero-order chi connectivity index (χ0) is 15.6. The molecule has 1 aromatic heterocycles. The normalized spacial score (nSPS) is 18.3. The van der Waals surface area contributed by atoms with E-state index >= 15 is 0 Å². The highest BCUT2D eigenvalue weighted by molar-refractivity contribution is 6.15. The summed E-state index contributed by atoms with van der Waals surface area (Å²) in [5, 5.41) is 19.0. The zero-order valence-corrected chi connectivity index (χ0v) is 11.8. The van der Waals surface area contributed by atoms with Crippen molar-refractivity contribution in [2.75, 3.05) is 0 Å². The minimum atomic E-state index is -1.15. The van der Waals surface area contributed by atoms with Crippen LogP contribution in [0, 0.1) is 5.41 Å². The number of carbonyl (C=O) groups is 2. The van der Waals surface area contributed by atoms with Gasteiger partial charge in [0.1, 0.15) is 11.3 Å². The number of rotatable bonds is 3. The predicted octanol–water partition coefficient (Wildman–Crippen LogP) is 2.68. The summed E-state index contributed by atoms with van der Waals surface area (Å²) < 4.78 is 0. The number of aromatic nitrogens is 1. The molecule has 2 rings (SSSR count). The van der Waals surface area contributed by atoms with Crippen LogP contribution in [0.5, 0.6) is 0 Å². The first-order chi connectivity index (χ1) is 9.80. The molecule has 1 heterocycles. The fourth-order valence-electron chi connectivity index (χ4n) is 2.24. The van der Waals surface area contributed by atoms with E-state index < -0.39 is 5.97 Å². The van der Waals surface area contributed by atoms with Gasteiger partial charge in [0.15, 0.2) is 11.6 Å². The van der Waals surface area contributed by atoms with Crippen molar-refractivity contribution in [2.45, 2.75) is 26.7 Å². The summed E-state index contributed by atoms with van der Waals surface area (Å²) >= 11 is 0. The van der Waals surface area contributed by atoms with Gasteiger partial charge in [0, 0.05) is 25.3 Å². The second-order valence-corrected chi connectivity index (χ2v) is 5.74. The van der Waals surface area contributed by atoms with E-state index in [2.05, 4.69) is 9.98 Å². The molecule has 6 nitrogen and oxygen atoms in total. The number of hydrogen-bond acceptors (Lipinski definition) is 5. The molecule has 0 radical (unpaired) electrons. The number of carbonyl (C=O) groups excluding carboxylic acids is 1. The van der Waals surface area contributed by atoms with E-state index in [1.54, 1.807) is 0 Å². The fraction of sp³-hybridized carbons (Fsp3) is 0.333. The molecule has 110 valence electrons. The fourth-order valence-corrected chi connectivity index (χ4v) is 2.24. The van der Waals surface area contributed by atoms with E-state index in [0.29, 0.717) is 12.8 Å². The van der Waals surface area contributed by atoms with Crippen LogP contribution in [-0.4, -0.2) is 33.2 Å². The quantitative estimate of drug-likeness (QED) is 0.833. The smallest absolute Gasteiger partial charge is 0.339 e. The van der Waals surface area contributed by atoms with E-state index in [4.69, 9.17) is 5.11 Å². The highest BCUT2D eigenvalue weighted by Crippen LogP contribution is 2.35. The lowest BCUT2D eigenvalue weighted by Crippen LogP contribution is -2.26. The zero-order valence-electron chi connectivity index (χ0n) is 11.8. The molecule has 1 aromatic rings. The lowest BCUT2D eigenvalue weighted by Gasteiger charge is -2.28. The number of ketones is 1. The summed E-state index contributed by atoms with van der Waals surface area (Å²) in [5.41, 5.74) is -0.218. The molecule has 0 bridgehead atoms. The number of aliphatic hydroxyl groups is 1. The molecule has 0 fully saturated rings. The topological polar surface area (TPSA) is 99.9 Å². The predicted molar refractivity (Wildman–Crippen MR) is 77.0 cm³/mol. The number of aliphatic hydroxyl groups excluding tert-OH is 1. The van der Waals surface area contributed by atoms with Crippen LogP contribution in [0.25, 0.3) is 0 Å². The van der Waals surface area contributed by atoms with Crippen molar-refractivity contribution in [3.05, 3.63) is 35.2 Å². The maximum Gasteiger partial charge on any atom is 0.339 e. The Labute approximate surface area is 121 Å². The average molecular weight is 288 g/mol. The number of pyridine rings is 1. The molecular weight excluding hydrogens is 272 g/mol. The van der Waals surface area contributed by atoms with Gasteiger partial charge >= 0.3 is 5.97 Å². The monoisotopic (exact) mass is 288 g/mol. The summed E-state index contributed by atoms with van der Waals surface area (Å²) in [6, 6.07) is 2.87. The highest BCUT2D eigenvalue weighted by Gasteiger charge is 2.32. The molecule has 1 aliphatic rings. The van der Waals surface area contributed by atoms with Crippen LogP contribution in [0.3, 0.4) is 0 Å². The lowest BCUT2D eigenvalue weighted by molar-refractivity contribution is -0.117. The average Bonchev–Trinajstić information content (AvgIpc) is 2.36.